The second-order valence-corrected chi connectivity index (χ2v) is 4.81. The number of aromatic nitrogens is 1. The molecule has 1 aliphatic rings. The Balaban J connectivity index is 1.79. The predicted molar refractivity (Wildman–Crippen MR) is 59.5 cm³/mol. The lowest BCUT2D eigenvalue weighted by Crippen LogP contribution is -2.17. The van der Waals surface area contributed by atoms with E-state index in [-0.39, 0.29) is 0 Å². The first-order valence-corrected chi connectivity index (χ1v) is 5.81. The van der Waals surface area contributed by atoms with Crippen LogP contribution >= 0.6 is 11.6 Å². The van der Waals surface area contributed by atoms with Crippen LogP contribution in [-0.2, 0) is 6.42 Å². The molecule has 1 fully saturated rings. The molecule has 1 unspecified atom stereocenters. The fourth-order valence-corrected chi connectivity index (χ4v) is 2.38. The number of hydrogen-bond donors (Lipinski definition) is 0. The molecular weight excluding hydrogens is 194 g/mol. The van der Waals surface area contributed by atoms with E-state index in [2.05, 4.69) is 17.1 Å². The zero-order valence-electron chi connectivity index (χ0n) is 8.32. The molecule has 1 saturated carbocycles. The standard InChI is InChI=1S/C12H16ClN/c13-12(8-10-2-1-3-10)9-11-4-6-14-7-5-11/h4-7,10,12H,1-3,8-9H2. The van der Waals surface area contributed by atoms with Crippen molar-refractivity contribution in [1.82, 2.24) is 4.98 Å². The van der Waals surface area contributed by atoms with E-state index in [1.807, 2.05) is 12.4 Å². The van der Waals surface area contributed by atoms with E-state index in [0.29, 0.717) is 5.38 Å². The third-order valence-corrected chi connectivity index (χ3v) is 3.35. The lowest BCUT2D eigenvalue weighted by atomic mass is 9.81. The van der Waals surface area contributed by atoms with E-state index in [4.69, 9.17) is 11.6 Å². The van der Waals surface area contributed by atoms with Gasteiger partial charge in [-0.2, -0.15) is 0 Å². The van der Waals surface area contributed by atoms with Crippen molar-refractivity contribution in [2.45, 2.75) is 37.5 Å². The van der Waals surface area contributed by atoms with Gasteiger partial charge in [0.1, 0.15) is 0 Å². The molecule has 0 spiro atoms. The molecule has 0 radical (unpaired) electrons. The normalized spacial score (nSPS) is 18.9. The van der Waals surface area contributed by atoms with Crippen LogP contribution in [0.2, 0.25) is 0 Å². The maximum atomic E-state index is 6.30. The molecule has 2 rings (SSSR count). The molecule has 2 heteroatoms. The van der Waals surface area contributed by atoms with E-state index in [9.17, 15) is 0 Å². The Hall–Kier alpha value is -0.560. The maximum absolute atomic E-state index is 6.30. The van der Waals surface area contributed by atoms with Gasteiger partial charge in [0.25, 0.3) is 0 Å². The molecule has 1 aromatic rings. The lowest BCUT2D eigenvalue weighted by Gasteiger charge is -2.27. The smallest absolute Gasteiger partial charge is 0.0379 e. The van der Waals surface area contributed by atoms with Gasteiger partial charge in [-0.25, -0.2) is 0 Å². The Bertz CT molecular complexity index is 269. The molecule has 0 saturated heterocycles. The van der Waals surface area contributed by atoms with Crippen LogP contribution in [0.5, 0.6) is 0 Å². The van der Waals surface area contributed by atoms with E-state index in [1.54, 1.807) is 0 Å². The van der Waals surface area contributed by atoms with Crippen LogP contribution in [-0.4, -0.2) is 10.4 Å². The minimum atomic E-state index is 0.308. The number of nitrogens with zero attached hydrogens (tertiary/aromatic N) is 1. The summed E-state index contributed by atoms with van der Waals surface area (Å²) in [6.45, 7) is 0. The summed E-state index contributed by atoms with van der Waals surface area (Å²) in [5, 5.41) is 0.308. The van der Waals surface area contributed by atoms with Crippen LogP contribution in [0, 0.1) is 5.92 Å². The molecular formula is C12H16ClN. The predicted octanol–water partition coefficient (Wildman–Crippen LogP) is 3.42. The molecule has 0 bridgehead atoms. The number of alkyl halides is 1. The third kappa shape index (κ3) is 2.71. The molecule has 1 atom stereocenters. The third-order valence-electron chi connectivity index (χ3n) is 3.02. The molecule has 76 valence electrons. The van der Waals surface area contributed by atoms with Crippen LogP contribution < -0.4 is 0 Å². The van der Waals surface area contributed by atoms with Gasteiger partial charge < -0.3 is 0 Å². The van der Waals surface area contributed by atoms with Crippen molar-refractivity contribution in [3.05, 3.63) is 30.1 Å². The van der Waals surface area contributed by atoms with Gasteiger partial charge in [0.05, 0.1) is 0 Å². The Morgan fingerprint density at radius 3 is 2.64 bits per heavy atom. The van der Waals surface area contributed by atoms with Gasteiger partial charge in [-0.15, -0.1) is 11.6 Å². The quantitative estimate of drug-likeness (QED) is 0.693. The van der Waals surface area contributed by atoms with Gasteiger partial charge in [0.2, 0.25) is 0 Å². The Labute approximate surface area is 90.5 Å². The van der Waals surface area contributed by atoms with Crippen LogP contribution in [0.4, 0.5) is 0 Å². The second-order valence-electron chi connectivity index (χ2n) is 4.19. The molecule has 1 aromatic heterocycles. The van der Waals surface area contributed by atoms with Gasteiger partial charge in [-0.3, -0.25) is 4.98 Å². The van der Waals surface area contributed by atoms with Crippen molar-refractivity contribution in [2.75, 3.05) is 0 Å². The molecule has 1 heterocycles. The van der Waals surface area contributed by atoms with Crippen LogP contribution in [0.25, 0.3) is 0 Å². The topological polar surface area (TPSA) is 12.9 Å². The SMILES string of the molecule is ClC(Cc1ccncc1)CC1CCC1. The van der Waals surface area contributed by atoms with E-state index >= 15 is 0 Å². The summed E-state index contributed by atoms with van der Waals surface area (Å²) < 4.78 is 0. The summed E-state index contributed by atoms with van der Waals surface area (Å²) in [6, 6.07) is 4.10. The average molecular weight is 210 g/mol. The molecule has 14 heavy (non-hydrogen) atoms. The molecule has 0 N–H and O–H groups in total. The minimum Gasteiger partial charge on any atom is -0.265 e. The summed E-state index contributed by atoms with van der Waals surface area (Å²) in [4.78, 5) is 4.00. The molecule has 1 aliphatic carbocycles. The lowest BCUT2D eigenvalue weighted by molar-refractivity contribution is 0.292. The average Bonchev–Trinajstić information content (AvgIpc) is 2.13. The summed E-state index contributed by atoms with van der Waals surface area (Å²) in [5.41, 5.74) is 1.30. The highest BCUT2D eigenvalue weighted by Crippen LogP contribution is 2.32. The highest BCUT2D eigenvalue weighted by atomic mass is 35.5. The summed E-state index contributed by atoms with van der Waals surface area (Å²) >= 11 is 6.30. The van der Waals surface area contributed by atoms with E-state index in [0.717, 1.165) is 12.3 Å². The Morgan fingerprint density at radius 2 is 2.07 bits per heavy atom. The van der Waals surface area contributed by atoms with Crippen LogP contribution in [0.1, 0.15) is 31.2 Å². The monoisotopic (exact) mass is 209 g/mol. The van der Waals surface area contributed by atoms with Gasteiger partial charge >= 0.3 is 0 Å². The van der Waals surface area contributed by atoms with E-state index < -0.39 is 0 Å². The van der Waals surface area contributed by atoms with Gasteiger partial charge in [0, 0.05) is 17.8 Å². The number of hydrogen-bond acceptors (Lipinski definition) is 1. The van der Waals surface area contributed by atoms with Crippen molar-refractivity contribution in [2.24, 2.45) is 5.92 Å². The highest BCUT2D eigenvalue weighted by Gasteiger charge is 2.20. The first-order chi connectivity index (χ1) is 6.84. The Morgan fingerprint density at radius 1 is 1.36 bits per heavy atom. The summed E-state index contributed by atoms with van der Waals surface area (Å²) in [5.74, 6) is 0.902. The van der Waals surface area contributed by atoms with Crippen molar-refractivity contribution in [3.63, 3.8) is 0 Å². The summed E-state index contributed by atoms with van der Waals surface area (Å²) in [6.07, 6.45) is 10.0. The van der Waals surface area contributed by atoms with Crippen molar-refractivity contribution in [3.8, 4) is 0 Å². The number of rotatable bonds is 4. The van der Waals surface area contributed by atoms with Gasteiger partial charge in [-0.05, 0) is 36.5 Å². The second kappa shape index (κ2) is 4.79. The zero-order valence-corrected chi connectivity index (χ0v) is 9.08. The first kappa shape index (κ1) is 9.97. The van der Waals surface area contributed by atoms with E-state index in [1.165, 1.54) is 31.2 Å². The van der Waals surface area contributed by atoms with Crippen molar-refractivity contribution in [1.29, 1.82) is 0 Å². The van der Waals surface area contributed by atoms with Crippen molar-refractivity contribution < 1.29 is 0 Å². The van der Waals surface area contributed by atoms with Crippen molar-refractivity contribution >= 4 is 11.6 Å². The minimum absolute atomic E-state index is 0.308. The fraction of sp³-hybridized carbons (Fsp3) is 0.583. The van der Waals surface area contributed by atoms with Crippen LogP contribution in [0.3, 0.4) is 0 Å². The van der Waals surface area contributed by atoms with Gasteiger partial charge in [0.15, 0.2) is 0 Å². The largest absolute Gasteiger partial charge is 0.265 e. The maximum Gasteiger partial charge on any atom is 0.0379 e. The highest BCUT2D eigenvalue weighted by molar-refractivity contribution is 6.20. The fourth-order valence-electron chi connectivity index (χ4n) is 1.95. The molecule has 0 amide bonds. The number of halogens is 1. The zero-order chi connectivity index (χ0) is 9.80. The summed E-state index contributed by atoms with van der Waals surface area (Å²) in [7, 11) is 0. The number of pyridine rings is 1. The van der Waals surface area contributed by atoms with Crippen LogP contribution in [0.15, 0.2) is 24.5 Å². The Kier molecular flexibility index (Phi) is 3.41. The molecule has 0 aliphatic heterocycles. The first-order valence-electron chi connectivity index (χ1n) is 5.37. The molecule has 1 nitrogen and oxygen atoms in total. The molecule has 0 aromatic carbocycles. The van der Waals surface area contributed by atoms with Gasteiger partial charge in [-0.1, -0.05) is 19.3 Å².